The molecule has 142 valence electrons. The van der Waals surface area contributed by atoms with E-state index < -0.39 is 17.6 Å². The molecule has 2 N–H and O–H groups in total. The third-order valence-corrected chi connectivity index (χ3v) is 3.92. The number of halogens is 3. The highest BCUT2D eigenvalue weighted by Gasteiger charge is 2.32. The van der Waals surface area contributed by atoms with Crippen LogP contribution in [-0.4, -0.2) is 31.5 Å². The van der Waals surface area contributed by atoms with Gasteiger partial charge >= 0.3 is 6.18 Å². The Morgan fingerprint density at radius 1 is 1.33 bits per heavy atom. The Labute approximate surface area is 152 Å². The third-order valence-electron chi connectivity index (χ3n) is 3.92. The lowest BCUT2D eigenvalue weighted by molar-refractivity contribution is -0.137. The summed E-state index contributed by atoms with van der Waals surface area (Å²) in [7, 11) is 0. The topological polar surface area (TPSA) is 84.2 Å². The Kier molecular flexibility index (Phi) is 4.98. The van der Waals surface area contributed by atoms with Gasteiger partial charge in [0, 0.05) is 18.4 Å². The van der Waals surface area contributed by atoms with Gasteiger partial charge in [-0.25, -0.2) is 0 Å². The Balaban J connectivity index is 1.99. The second kappa shape index (κ2) is 7.22. The molecule has 0 bridgehead atoms. The predicted octanol–water partition coefficient (Wildman–Crippen LogP) is 3.61. The minimum atomic E-state index is -4.53. The lowest BCUT2D eigenvalue weighted by Gasteiger charge is -2.15. The summed E-state index contributed by atoms with van der Waals surface area (Å²) < 4.78 is 40.8. The van der Waals surface area contributed by atoms with Gasteiger partial charge in [0.2, 0.25) is 5.95 Å². The Hall–Kier alpha value is -3.17. The Morgan fingerprint density at radius 3 is 2.74 bits per heavy atom. The van der Waals surface area contributed by atoms with E-state index in [-0.39, 0.29) is 29.0 Å². The molecule has 0 saturated heterocycles. The van der Waals surface area contributed by atoms with Crippen LogP contribution in [0.3, 0.4) is 0 Å². The smallest absolute Gasteiger partial charge is 0.367 e. The average Bonchev–Trinajstić information content (AvgIpc) is 3.04. The van der Waals surface area contributed by atoms with E-state index in [1.54, 1.807) is 12.1 Å². The summed E-state index contributed by atoms with van der Waals surface area (Å²) in [6.07, 6.45) is -0.940. The van der Waals surface area contributed by atoms with Crippen LogP contribution in [-0.2, 0) is 6.18 Å². The number of anilines is 2. The number of nitrogens with zero attached hydrogens (tertiary/aromatic N) is 4. The number of fused-ring (bicyclic) bond motifs is 1. The number of rotatable bonds is 5. The van der Waals surface area contributed by atoms with Gasteiger partial charge in [0.25, 0.3) is 5.91 Å². The van der Waals surface area contributed by atoms with Gasteiger partial charge < -0.3 is 5.32 Å². The molecule has 0 spiro atoms. The second-order valence-corrected chi connectivity index (χ2v) is 5.98. The number of aromatic nitrogens is 4. The van der Waals surface area contributed by atoms with Crippen LogP contribution in [0.5, 0.6) is 0 Å². The van der Waals surface area contributed by atoms with Crippen LogP contribution in [0.15, 0.2) is 36.7 Å². The molecule has 27 heavy (non-hydrogen) atoms. The van der Waals surface area contributed by atoms with E-state index >= 15 is 0 Å². The Bertz CT molecular complexity index is 954. The number of carbonyl (C=O) groups is 1. The van der Waals surface area contributed by atoms with Crippen molar-refractivity contribution < 1.29 is 18.0 Å². The molecular formula is C17H17F3N6O. The van der Waals surface area contributed by atoms with Crippen LogP contribution in [0.25, 0.3) is 5.65 Å². The van der Waals surface area contributed by atoms with Crippen molar-refractivity contribution in [3.05, 3.63) is 47.8 Å². The fourth-order valence-corrected chi connectivity index (χ4v) is 2.33. The molecular weight excluding hydrogens is 361 g/mol. The fraction of sp³-hybridized carbons (Fsp3) is 0.294. The molecule has 0 saturated carbocycles. The van der Waals surface area contributed by atoms with Crippen LogP contribution < -0.4 is 10.6 Å². The van der Waals surface area contributed by atoms with E-state index in [4.69, 9.17) is 0 Å². The molecule has 10 heteroatoms. The summed E-state index contributed by atoms with van der Waals surface area (Å²) in [5.74, 6) is -0.467. The van der Waals surface area contributed by atoms with Crippen molar-refractivity contribution in [3.63, 3.8) is 0 Å². The number of hydrogen-bond acceptors (Lipinski definition) is 5. The van der Waals surface area contributed by atoms with Gasteiger partial charge in [0.15, 0.2) is 5.65 Å². The van der Waals surface area contributed by atoms with E-state index in [1.165, 1.54) is 16.9 Å². The summed E-state index contributed by atoms with van der Waals surface area (Å²) in [6.45, 7) is 3.75. The van der Waals surface area contributed by atoms with Gasteiger partial charge in [0.1, 0.15) is 5.82 Å². The molecule has 0 aliphatic heterocycles. The lowest BCUT2D eigenvalue weighted by Crippen LogP contribution is -2.18. The summed E-state index contributed by atoms with van der Waals surface area (Å²) in [4.78, 5) is 20.0. The Morgan fingerprint density at radius 2 is 2.11 bits per heavy atom. The number of carbonyl (C=O) groups excluding carboxylic acids is 1. The standard InChI is InChI=1S/C17H17F3N6O/c1-3-10(2)22-13-7-12(17(18,19)20)8-14-23-16(25-26(13)14)24-15(27)11-5-4-6-21-9-11/h4-10,22H,3H2,1-2H3,(H,24,25,27). The number of hydrogen-bond donors (Lipinski definition) is 2. The van der Waals surface area contributed by atoms with Crippen molar-refractivity contribution in [2.45, 2.75) is 32.5 Å². The zero-order valence-electron chi connectivity index (χ0n) is 14.6. The normalized spacial score (nSPS) is 12.8. The van der Waals surface area contributed by atoms with Gasteiger partial charge in [-0.3, -0.25) is 15.1 Å². The molecule has 3 aromatic rings. The predicted molar refractivity (Wildman–Crippen MR) is 93.6 cm³/mol. The molecule has 1 unspecified atom stereocenters. The zero-order valence-corrected chi connectivity index (χ0v) is 14.6. The van der Waals surface area contributed by atoms with Crippen LogP contribution in [0, 0.1) is 0 Å². The first-order valence-electron chi connectivity index (χ1n) is 8.24. The fourth-order valence-electron chi connectivity index (χ4n) is 2.33. The quantitative estimate of drug-likeness (QED) is 0.709. The van der Waals surface area contributed by atoms with E-state index in [9.17, 15) is 18.0 Å². The maximum atomic E-state index is 13.2. The highest BCUT2D eigenvalue weighted by Crippen LogP contribution is 2.32. The van der Waals surface area contributed by atoms with Gasteiger partial charge in [-0.15, -0.1) is 5.10 Å². The first kappa shape index (κ1) is 18.6. The van der Waals surface area contributed by atoms with Crippen molar-refractivity contribution in [2.75, 3.05) is 10.6 Å². The van der Waals surface area contributed by atoms with Gasteiger partial charge in [-0.2, -0.15) is 22.7 Å². The van der Waals surface area contributed by atoms with Crippen molar-refractivity contribution in [3.8, 4) is 0 Å². The van der Waals surface area contributed by atoms with Crippen LogP contribution in [0.1, 0.15) is 36.2 Å². The first-order chi connectivity index (χ1) is 12.8. The molecule has 0 fully saturated rings. The number of alkyl halides is 3. The van der Waals surface area contributed by atoms with Crippen LogP contribution in [0.2, 0.25) is 0 Å². The van der Waals surface area contributed by atoms with Crippen LogP contribution in [0.4, 0.5) is 24.9 Å². The van der Waals surface area contributed by atoms with Crippen LogP contribution >= 0.6 is 0 Å². The maximum Gasteiger partial charge on any atom is 0.416 e. The highest BCUT2D eigenvalue weighted by molar-refractivity contribution is 6.03. The molecule has 3 heterocycles. The van der Waals surface area contributed by atoms with Gasteiger partial charge in [0.05, 0.1) is 11.1 Å². The minimum Gasteiger partial charge on any atom is -0.367 e. The SMILES string of the molecule is CCC(C)Nc1cc(C(F)(F)F)cc2nc(NC(=O)c3cccnc3)nn12. The molecule has 0 aliphatic carbocycles. The van der Waals surface area contributed by atoms with E-state index in [2.05, 4.69) is 25.7 Å². The summed E-state index contributed by atoms with van der Waals surface area (Å²) in [5, 5.41) is 9.56. The average molecular weight is 378 g/mol. The molecule has 3 rings (SSSR count). The molecule has 7 nitrogen and oxygen atoms in total. The summed E-state index contributed by atoms with van der Waals surface area (Å²) in [5.41, 5.74) is -0.597. The monoisotopic (exact) mass is 378 g/mol. The van der Waals surface area contributed by atoms with Crippen molar-refractivity contribution in [2.24, 2.45) is 0 Å². The van der Waals surface area contributed by atoms with Gasteiger partial charge in [-0.05, 0) is 37.6 Å². The molecule has 0 aromatic carbocycles. The molecule has 1 amide bonds. The second-order valence-electron chi connectivity index (χ2n) is 5.98. The van der Waals surface area contributed by atoms with E-state index in [1.807, 2.05) is 13.8 Å². The minimum absolute atomic E-state index is 0.0304. The van der Waals surface area contributed by atoms with E-state index in [0.717, 1.165) is 12.1 Å². The first-order valence-corrected chi connectivity index (χ1v) is 8.24. The molecule has 3 aromatic heterocycles. The van der Waals surface area contributed by atoms with Crippen molar-refractivity contribution in [1.82, 2.24) is 19.6 Å². The van der Waals surface area contributed by atoms with Gasteiger partial charge in [-0.1, -0.05) is 6.92 Å². The zero-order chi connectivity index (χ0) is 19.6. The third kappa shape index (κ3) is 4.15. The molecule has 0 radical (unpaired) electrons. The number of nitrogens with one attached hydrogen (secondary N) is 2. The maximum absolute atomic E-state index is 13.2. The van der Waals surface area contributed by atoms with Crippen molar-refractivity contribution in [1.29, 1.82) is 0 Å². The number of pyridine rings is 2. The highest BCUT2D eigenvalue weighted by atomic mass is 19.4. The largest absolute Gasteiger partial charge is 0.416 e. The summed E-state index contributed by atoms with van der Waals surface area (Å²) >= 11 is 0. The van der Waals surface area contributed by atoms with E-state index in [0.29, 0.717) is 6.42 Å². The lowest BCUT2D eigenvalue weighted by atomic mass is 10.2. The molecule has 1 atom stereocenters. The van der Waals surface area contributed by atoms with Crippen molar-refractivity contribution >= 4 is 23.3 Å². The summed E-state index contributed by atoms with van der Waals surface area (Å²) in [6, 6.07) is 4.93. The molecule has 0 aliphatic rings. The number of amides is 1.